The van der Waals surface area contributed by atoms with Crippen molar-refractivity contribution in [1.29, 1.82) is 0 Å². The highest BCUT2D eigenvalue weighted by Gasteiger charge is 2.37. The van der Waals surface area contributed by atoms with Crippen molar-refractivity contribution in [3.8, 4) is 0 Å². The van der Waals surface area contributed by atoms with E-state index < -0.39 is 0 Å². The van der Waals surface area contributed by atoms with Crippen LogP contribution in [0.25, 0.3) is 0 Å². The minimum atomic E-state index is 0.532. The predicted octanol–water partition coefficient (Wildman–Crippen LogP) is 1.96. The quantitative estimate of drug-likeness (QED) is 0.726. The molecule has 0 aliphatic carbocycles. The summed E-state index contributed by atoms with van der Waals surface area (Å²) < 4.78 is 0. The number of rotatable bonds is 5. The molecule has 1 aliphatic rings. The second-order valence-electron chi connectivity index (χ2n) is 5.18. The molecule has 0 spiro atoms. The molecule has 1 aliphatic heterocycles. The average Bonchev–Trinajstić information content (AvgIpc) is 2.54. The van der Waals surface area contributed by atoms with Gasteiger partial charge in [-0.2, -0.15) is 0 Å². The lowest BCUT2D eigenvalue weighted by Gasteiger charge is -2.36. The van der Waals surface area contributed by atoms with E-state index >= 15 is 0 Å². The Balaban J connectivity index is 2.51. The maximum absolute atomic E-state index is 3.52. The zero-order chi connectivity index (χ0) is 10.6. The third-order valence-corrected chi connectivity index (χ3v) is 3.69. The van der Waals surface area contributed by atoms with Crippen molar-refractivity contribution in [3.63, 3.8) is 0 Å². The summed E-state index contributed by atoms with van der Waals surface area (Å²) >= 11 is 0. The van der Waals surface area contributed by atoms with Crippen molar-refractivity contribution < 1.29 is 0 Å². The first kappa shape index (κ1) is 12.0. The van der Waals surface area contributed by atoms with Crippen LogP contribution in [0.2, 0.25) is 0 Å². The van der Waals surface area contributed by atoms with E-state index in [1.807, 2.05) is 0 Å². The summed E-state index contributed by atoms with van der Waals surface area (Å²) in [4.78, 5) is 2.49. The van der Waals surface area contributed by atoms with Gasteiger partial charge in [0.25, 0.3) is 0 Å². The molecule has 0 aromatic heterocycles. The van der Waals surface area contributed by atoms with Gasteiger partial charge >= 0.3 is 0 Å². The van der Waals surface area contributed by atoms with Gasteiger partial charge in [-0.25, -0.2) is 0 Å². The Labute approximate surface area is 89.1 Å². The summed E-state index contributed by atoms with van der Waals surface area (Å²) in [6, 6.07) is 0. The molecule has 2 heteroatoms. The highest BCUT2D eigenvalue weighted by atomic mass is 15.1. The van der Waals surface area contributed by atoms with E-state index in [-0.39, 0.29) is 0 Å². The second-order valence-corrected chi connectivity index (χ2v) is 5.18. The van der Waals surface area contributed by atoms with E-state index in [2.05, 4.69) is 38.0 Å². The number of hydrogen-bond acceptors (Lipinski definition) is 2. The van der Waals surface area contributed by atoms with Gasteiger partial charge in [0.05, 0.1) is 0 Å². The largest absolute Gasteiger partial charge is 0.316 e. The van der Waals surface area contributed by atoms with Gasteiger partial charge in [0.1, 0.15) is 0 Å². The summed E-state index contributed by atoms with van der Waals surface area (Å²) in [6.45, 7) is 11.9. The molecule has 0 amide bonds. The van der Waals surface area contributed by atoms with Crippen LogP contribution in [0.15, 0.2) is 0 Å². The molecule has 84 valence electrons. The van der Waals surface area contributed by atoms with E-state index in [4.69, 9.17) is 0 Å². The molecule has 2 nitrogen and oxygen atoms in total. The highest BCUT2D eigenvalue weighted by molar-refractivity contribution is 4.92. The molecule has 1 saturated heterocycles. The average molecular weight is 198 g/mol. The summed E-state index contributed by atoms with van der Waals surface area (Å²) in [6.07, 6.45) is 2.61. The van der Waals surface area contributed by atoms with E-state index in [1.54, 1.807) is 0 Å². The minimum absolute atomic E-state index is 0.532. The molecule has 1 unspecified atom stereocenters. The van der Waals surface area contributed by atoms with Gasteiger partial charge in [0, 0.05) is 13.1 Å². The fourth-order valence-corrected chi connectivity index (χ4v) is 2.57. The Morgan fingerprint density at radius 2 is 2.14 bits per heavy atom. The molecular weight excluding hydrogens is 172 g/mol. The van der Waals surface area contributed by atoms with E-state index in [1.165, 1.54) is 39.0 Å². The summed E-state index contributed by atoms with van der Waals surface area (Å²) in [7, 11) is 2.26. The van der Waals surface area contributed by atoms with Gasteiger partial charge in [0.15, 0.2) is 0 Å². The van der Waals surface area contributed by atoms with Crippen LogP contribution in [0.3, 0.4) is 0 Å². The van der Waals surface area contributed by atoms with Crippen molar-refractivity contribution in [1.82, 2.24) is 10.2 Å². The Hall–Kier alpha value is -0.0800. The van der Waals surface area contributed by atoms with Crippen LogP contribution < -0.4 is 5.32 Å². The topological polar surface area (TPSA) is 15.3 Å². The fraction of sp³-hybridized carbons (Fsp3) is 1.00. The second kappa shape index (κ2) is 5.13. The van der Waals surface area contributed by atoms with Gasteiger partial charge < -0.3 is 10.2 Å². The van der Waals surface area contributed by atoms with E-state index in [0.29, 0.717) is 5.41 Å². The first-order chi connectivity index (χ1) is 6.60. The minimum Gasteiger partial charge on any atom is -0.316 e. The van der Waals surface area contributed by atoms with Gasteiger partial charge in [-0.05, 0) is 44.3 Å². The van der Waals surface area contributed by atoms with Gasteiger partial charge in [-0.3, -0.25) is 0 Å². The zero-order valence-corrected chi connectivity index (χ0v) is 10.3. The van der Waals surface area contributed by atoms with Crippen molar-refractivity contribution in [2.75, 3.05) is 33.2 Å². The Bertz CT molecular complexity index is 160. The lowest BCUT2D eigenvalue weighted by atomic mass is 9.76. The number of nitrogens with one attached hydrogen (secondary N) is 1. The zero-order valence-electron chi connectivity index (χ0n) is 10.3. The monoisotopic (exact) mass is 198 g/mol. The first-order valence-corrected chi connectivity index (χ1v) is 6.00. The highest BCUT2D eigenvalue weighted by Crippen LogP contribution is 2.34. The Kier molecular flexibility index (Phi) is 4.39. The molecule has 14 heavy (non-hydrogen) atoms. The first-order valence-electron chi connectivity index (χ1n) is 6.00. The molecule has 1 rings (SSSR count). The summed E-state index contributed by atoms with van der Waals surface area (Å²) in [5, 5.41) is 3.52. The smallest absolute Gasteiger partial charge is 0.00500 e. The Morgan fingerprint density at radius 1 is 1.43 bits per heavy atom. The normalized spacial score (nSPS) is 27.9. The van der Waals surface area contributed by atoms with Crippen molar-refractivity contribution in [2.24, 2.45) is 11.3 Å². The molecule has 1 atom stereocenters. The van der Waals surface area contributed by atoms with Crippen LogP contribution in [0.5, 0.6) is 0 Å². The predicted molar refractivity (Wildman–Crippen MR) is 62.5 cm³/mol. The molecular formula is C12H26N2. The summed E-state index contributed by atoms with van der Waals surface area (Å²) in [5.41, 5.74) is 0.532. The maximum Gasteiger partial charge on any atom is 0.00500 e. The van der Waals surface area contributed by atoms with Crippen molar-refractivity contribution in [3.05, 3.63) is 0 Å². The number of nitrogens with zero attached hydrogens (tertiary/aromatic N) is 1. The van der Waals surface area contributed by atoms with Gasteiger partial charge in [0.2, 0.25) is 0 Å². The van der Waals surface area contributed by atoms with Crippen molar-refractivity contribution in [2.45, 2.75) is 33.6 Å². The van der Waals surface area contributed by atoms with Crippen LogP contribution in [0.4, 0.5) is 0 Å². The molecule has 0 radical (unpaired) electrons. The molecule has 1 heterocycles. The maximum atomic E-state index is 3.52. The van der Waals surface area contributed by atoms with E-state index in [9.17, 15) is 0 Å². The molecule has 0 aromatic carbocycles. The molecule has 1 fully saturated rings. The third-order valence-electron chi connectivity index (χ3n) is 3.69. The molecule has 0 aromatic rings. The van der Waals surface area contributed by atoms with Crippen molar-refractivity contribution >= 4 is 0 Å². The third kappa shape index (κ3) is 2.71. The van der Waals surface area contributed by atoms with E-state index in [0.717, 1.165) is 5.92 Å². The fourth-order valence-electron chi connectivity index (χ4n) is 2.57. The number of hydrogen-bond donors (Lipinski definition) is 1. The lowest BCUT2D eigenvalue weighted by Crippen LogP contribution is -2.41. The SMILES string of the molecule is CCCN(C)CC1(C(C)C)CCNC1. The van der Waals surface area contributed by atoms with Crippen LogP contribution >= 0.6 is 0 Å². The standard InChI is InChI=1S/C12H26N2/c1-5-8-14(4)10-12(11(2)3)6-7-13-9-12/h11,13H,5-10H2,1-4H3. The van der Waals surface area contributed by atoms with Crippen LogP contribution in [0.1, 0.15) is 33.6 Å². The van der Waals surface area contributed by atoms with Crippen LogP contribution in [0, 0.1) is 11.3 Å². The van der Waals surface area contributed by atoms with Crippen LogP contribution in [-0.2, 0) is 0 Å². The van der Waals surface area contributed by atoms with Gasteiger partial charge in [-0.1, -0.05) is 20.8 Å². The molecule has 1 N–H and O–H groups in total. The van der Waals surface area contributed by atoms with Gasteiger partial charge in [-0.15, -0.1) is 0 Å². The Morgan fingerprint density at radius 3 is 2.57 bits per heavy atom. The molecule has 0 bridgehead atoms. The lowest BCUT2D eigenvalue weighted by molar-refractivity contribution is 0.136. The summed E-state index contributed by atoms with van der Waals surface area (Å²) in [5.74, 6) is 0.789. The van der Waals surface area contributed by atoms with Crippen LogP contribution in [-0.4, -0.2) is 38.1 Å². The molecule has 0 saturated carbocycles.